The smallest absolute Gasteiger partial charge is 0.123 e. The summed E-state index contributed by atoms with van der Waals surface area (Å²) >= 11 is 0. The van der Waals surface area contributed by atoms with Crippen molar-refractivity contribution in [2.45, 2.75) is 51.1 Å². The molecule has 3 heteroatoms. The van der Waals surface area contributed by atoms with E-state index in [0.29, 0.717) is 0 Å². The van der Waals surface area contributed by atoms with Gasteiger partial charge in [0.15, 0.2) is 0 Å². The molecule has 116 valence electrons. The van der Waals surface area contributed by atoms with Crippen LogP contribution in [0.3, 0.4) is 0 Å². The van der Waals surface area contributed by atoms with Gasteiger partial charge in [0.1, 0.15) is 5.82 Å². The Kier molecular flexibility index (Phi) is 5.26. The monoisotopic (exact) mass is 290 g/mol. The van der Waals surface area contributed by atoms with E-state index in [1.54, 1.807) is 6.07 Å². The Labute approximate surface area is 127 Å². The van der Waals surface area contributed by atoms with Gasteiger partial charge < -0.3 is 4.90 Å². The second kappa shape index (κ2) is 7.37. The first-order valence-corrected chi connectivity index (χ1v) is 8.52. The fourth-order valence-corrected chi connectivity index (χ4v) is 3.80. The average molecular weight is 290 g/mol. The van der Waals surface area contributed by atoms with E-state index in [1.165, 1.54) is 57.7 Å². The van der Waals surface area contributed by atoms with E-state index >= 15 is 0 Å². The van der Waals surface area contributed by atoms with Crippen molar-refractivity contribution in [3.8, 4) is 0 Å². The molecule has 2 saturated heterocycles. The molecule has 2 heterocycles. The van der Waals surface area contributed by atoms with Crippen molar-refractivity contribution in [3.63, 3.8) is 0 Å². The summed E-state index contributed by atoms with van der Waals surface area (Å²) in [5.41, 5.74) is 1.10. The van der Waals surface area contributed by atoms with E-state index in [0.717, 1.165) is 31.2 Å². The van der Waals surface area contributed by atoms with Gasteiger partial charge in [0.25, 0.3) is 0 Å². The molecule has 2 fully saturated rings. The summed E-state index contributed by atoms with van der Waals surface area (Å²) in [5, 5.41) is 0. The van der Waals surface area contributed by atoms with Crippen molar-refractivity contribution in [2.24, 2.45) is 0 Å². The summed E-state index contributed by atoms with van der Waals surface area (Å²) in [6, 6.07) is 7.82. The van der Waals surface area contributed by atoms with Gasteiger partial charge in [0.2, 0.25) is 0 Å². The molecule has 1 aromatic rings. The summed E-state index contributed by atoms with van der Waals surface area (Å²) in [6.45, 7) is 5.79. The molecule has 0 aromatic heterocycles. The molecule has 2 aliphatic heterocycles. The zero-order chi connectivity index (χ0) is 14.5. The van der Waals surface area contributed by atoms with Crippen LogP contribution in [0.1, 0.15) is 44.1 Å². The lowest BCUT2D eigenvalue weighted by atomic mass is 10.0. The number of hydrogen-bond donors (Lipinski definition) is 0. The van der Waals surface area contributed by atoms with Crippen LogP contribution in [0.2, 0.25) is 0 Å². The third-order valence-corrected chi connectivity index (χ3v) is 5.01. The molecular weight excluding hydrogens is 263 g/mol. The Hall–Kier alpha value is -0.930. The molecule has 0 bridgehead atoms. The molecule has 0 aliphatic carbocycles. The average Bonchev–Trinajstić information content (AvgIpc) is 2.77. The molecule has 0 N–H and O–H groups in total. The zero-order valence-electron chi connectivity index (χ0n) is 12.9. The van der Waals surface area contributed by atoms with E-state index in [-0.39, 0.29) is 5.82 Å². The van der Waals surface area contributed by atoms with Crippen LogP contribution < -0.4 is 0 Å². The Morgan fingerprint density at radius 2 is 1.67 bits per heavy atom. The van der Waals surface area contributed by atoms with Crippen LogP contribution in [-0.2, 0) is 6.54 Å². The van der Waals surface area contributed by atoms with E-state index in [9.17, 15) is 4.39 Å². The van der Waals surface area contributed by atoms with Gasteiger partial charge in [0, 0.05) is 12.6 Å². The van der Waals surface area contributed by atoms with Crippen molar-refractivity contribution < 1.29 is 4.39 Å². The minimum absolute atomic E-state index is 0.119. The normalized spacial score (nSPS) is 23.1. The largest absolute Gasteiger partial charge is 0.300 e. The second-order valence-electron chi connectivity index (χ2n) is 6.59. The van der Waals surface area contributed by atoms with Gasteiger partial charge in [-0.2, -0.15) is 0 Å². The summed E-state index contributed by atoms with van der Waals surface area (Å²) in [6.07, 6.45) is 8.13. The summed E-state index contributed by atoms with van der Waals surface area (Å²) in [5.74, 6) is -0.119. The molecule has 0 unspecified atom stereocenters. The maximum Gasteiger partial charge on any atom is 0.123 e. The SMILES string of the molecule is Fc1cccc(CN2CCC(N3CCCCCC3)CC2)c1. The third kappa shape index (κ3) is 4.27. The number of likely N-dealkylation sites (tertiary alicyclic amines) is 2. The van der Waals surface area contributed by atoms with Gasteiger partial charge in [-0.1, -0.05) is 25.0 Å². The summed E-state index contributed by atoms with van der Waals surface area (Å²) in [4.78, 5) is 5.20. The Morgan fingerprint density at radius 3 is 2.33 bits per heavy atom. The maximum atomic E-state index is 13.2. The molecule has 0 radical (unpaired) electrons. The first-order valence-electron chi connectivity index (χ1n) is 8.52. The van der Waals surface area contributed by atoms with Crippen LogP contribution in [0.4, 0.5) is 4.39 Å². The summed E-state index contributed by atoms with van der Waals surface area (Å²) in [7, 11) is 0. The van der Waals surface area contributed by atoms with Crippen molar-refractivity contribution >= 4 is 0 Å². The lowest BCUT2D eigenvalue weighted by molar-refractivity contribution is 0.107. The van der Waals surface area contributed by atoms with Crippen LogP contribution in [0.25, 0.3) is 0 Å². The van der Waals surface area contributed by atoms with E-state index in [2.05, 4.69) is 9.80 Å². The molecule has 0 spiro atoms. The van der Waals surface area contributed by atoms with Crippen LogP contribution in [0.5, 0.6) is 0 Å². The van der Waals surface area contributed by atoms with E-state index in [4.69, 9.17) is 0 Å². The molecule has 0 saturated carbocycles. The van der Waals surface area contributed by atoms with Gasteiger partial charge in [-0.3, -0.25) is 4.90 Å². The lowest BCUT2D eigenvalue weighted by Gasteiger charge is -2.38. The minimum atomic E-state index is -0.119. The van der Waals surface area contributed by atoms with Gasteiger partial charge in [-0.25, -0.2) is 4.39 Å². The lowest BCUT2D eigenvalue weighted by Crippen LogP contribution is -2.45. The second-order valence-corrected chi connectivity index (χ2v) is 6.59. The highest BCUT2D eigenvalue weighted by Crippen LogP contribution is 2.21. The molecular formula is C18H27FN2. The molecule has 3 rings (SSSR count). The number of hydrogen-bond acceptors (Lipinski definition) is 2. The van der Waals surface area contributed by atoms with Crippen molar-refractivity contribution in [1.82, 2.24) is 9.80 Å². The van der Waals surface area contributed by atoms with Crippen LogP contribution in [0.15, 0.2) is 24.3 Å². The number of piperidine rings is 1. The zero-order valence-corrected chi connectivity index (χ0v) is 12.9. The Morgan fingerprint density at radius 1 is 0.952 bits per heavy atom. The number of rotatable bonds is 3. The Bertz CT molecular complexity index is 433. The van der Waals surface area contributed by atoms with E-state index in [1.807, 2.05) is 12.1 Å². The minimum Gasteiger partial charge on any atom is -0.300 e. The number of benzene rings is 1. The fraction of sp³-hybridized carbons (Fsp3) is 0.667. The first kappa shape index (κ1) is 15.0. The quantitative estimate of drug-likeness (QED) is 0.838. The van der Waals surface area contributed by atoms with Crippen LogP contribution in [-0.4, -0.2) is 42.0 Å². The van der Waals surface area contributed by atoms with Crippen molar-refractivity contribution in [2.75, 3.05) is 26.2 Å². The Balaban J connectivity index is 1.48. The van der Waals surface area contributed by atoms with Crippen molar-refractivity contribution in [3.05, 3.63) is 35.6 Å². The fourth-order valence-electron chi connectivity index (χ4n) is 3.80. The van der Waals surface area contributed by atoms with Gasteiger partial charge in [-0.05, 0) is 69.6 Å². The highest BCUT2D eigenvalue weighted by molar-refractivity contribution is 5.16. The topological polar surface area (TPSA) is 6.48 Å². The van der Waals surface area contributed by atoms with Gasteiger partial charge >= 0.3 is 0 Å². The molecule has 21 heavy (non-hydrogen) atoms. The molecule has 1 aromatic carbocycles. The maximum absolute atomic E-state index is 13.2. The molecule has 0 amide bonds. The third-order valence-electron chi connectivity index (χ3n) is 5.01. The number of nitrogens with zero attached hydrogens (tertiary/aromatic N) is 2. The standard InChI is InChI=1S/C18H27FN2/c19-17-7-5-6-16(14-17)15-20-12-8-18(9-13-20)21-10-3-1-2-4-11-21/h5-7,14,18H,1-4,8-13,15H2. The predicted molar refractivity (Wildman–Crippen MR) is 84.7 cm³/mol. The highest BCUT2D eigenvalue weighted by atomic mass is 19.1. The molecule has 0 atom stereocenters. The summed E-state index contributed by atoms with van der Waals surface area (Å²) < 4.78 is 13.2. The van der Waals surface area contributed by atoms with Gasteiger partial charge in [-0.15, -0.1) is 0 Å². The molecule has 2 aliphatic rings. The molecule has 2 nitrogen and oxygen atoms in total. The van der Waals surface area contributed by atoms with Crippen LogP contribution >= 0.6 is 0 Å². The van der Waals surface area contributed by atoms with Crippen molar-refractivity contribution in [1.29, 1.82) is 0 Å². The highest BCUT2D eigenvalue weighted by Gasteiger charge is 2.24. The number of halogens is 1. The van der Waals surface area contributed by atoms with Gasteiger partial charge in [0.05, 0.1) is 0 Å². The van der Waals surface area contributed by atoms with Crippen LogP contribution in [0, 0.1) is 5.82 Å². The van der Waals surface area contributed by atoms with E-state index < -0.39 is 0 Å². The first-order chi connectivity index (χ1) is 10.3. The predicted octanol–water partition coefficient (Wildman–Crippen LogP) is 3.67.